The molecule has 1 aromatic carbocycles. The maximum Gasteiger partial charge on any atom is 0.319 e. The number of hydrogen-bond acceptors (Lipinski definition) is 4. The van der Waals surface area contributed by atoms with Crippen molar-refractivity contribution in [2.75, 3.05) is 12.4 Å². The fourth-order valence-electron chi connectivity index (χ4n) is 2.98. The number of hydrogen-bond donors (Lipinski definition) is 2. The first-order valence-corrected chi connectivity index (χ1v) is 8.22. The zero-order valence-electron chi connectivity index (χ0n) is 15.3. The van der Waals surface area contributed by atoms with Gasteiger partial charge in [0.05, 0.1) is 12.8 Å². The fraction of sp³-hybridized carbons (Fsp3) is 0.444. The summed E-state index contributed by atoms with van der Waals surface area (Å²) in [6, 6.07) is 5.72. The average molecular weight is 344 g/mol. The molecule has 7 heteroatoms. The van der Waals surface area contributed by atoms with Crippen LogP contribution in [-0.2, 0) is 20.0 Å². The van der Waals surface area contributed by atoms with E-state index >= 15 is 0 Å². The highest BCUT2D eigenvalue weighted by Crippen LogP contribution is 2.35. The van der Waals surface area contributed by atoms with Gasteiger partial charge >= 0.3 is 6.03 Å². The summed E-state index contributed by atoms with van der Waals surface area (Å²) in [6.07, 6.45) is 0.869. The summed E-state index contributed by atoms with van der Waals surface area (Å²) >= 11 is 0. The van der Waals surface area contributed by atoms with E-state index in [2.05, 4.69) is 35.6 Å². The second kappa shape index (κ2) is 6.31. The lowest BCUT2D eigenvalue weighted by molar-refractivity contribution is 0.138. The van der Waals surface area contributed by atoms with Crippen molar-refractivity contribution >= 4 is 11.7 Å². The van der Waals surface area contributed by atoms with Gasteiger partial charge < -0.3 is 20.1 Å². The molecule has 2 amide bonds. The number of rotatable bonds is 4. The van der Waals surface area contributed by atoms with Gasteiger partial charge in [0.25, 0.3) is 5.88 Å². The average Bonchev–Trinajstić information content (AvgIpc) is 3.01. The van der Waals surface area contributed by atoms with E-state index < -0.39 is 0 Å². The summed E-state index contributed by atoms with van der Waals surface area (Å²) < 4.78 is 12.7. The standard InChI is InChI=1S/C18H24N4O3/c1-11-15(16(24-5)21-22(11)4)20-17(23)19-10-12-6-7-14-13(8-12)9-18(2,3)25-14/h6-8H,9-10H2,1-5H3,(H2,19,20,23). The molecule has 2 heterocycles. The molecule has 0 saturated heterocycles. The SMILES string of the molecule is COc1nn(C)c(C)c1NC(=O)NCc1ccc2c(c1)CC(C)(C)O2. The molecule has 0 saturated carbocycles. The molecule has 0 unspecified atom stereocenters. The molecule has 1 aliphatic rings. The Morgan fingerprint density at radius 3 is 2.92 bits per heavy atom. The number of methoxy groups -OCH3 is 1. The molecule has 2 aromatic rings. The third-order valence-corrected chi connectivity index (χ3v) is 4.31. The fourth-order valence-corrected chi connectivity index (χ4v) is 2.98. The Balaban J connectivity index is 1.62. The van der Waals surface area contributed by atoms with Crippen LogP contribution in [-0.4, -0.2) is 28.5 Å². The van der Waals surface area contributed by atoms with Gasteiger partial charge in [0, 0.05) is 20.0 Å². The van der Waals surface area contributed by atoms with E-state index in [1.165, 1.54) is 12.7 Å². The first kappa shape index (κ1) is 17.1. The quantitative estimate of drug-likeness (QED) is 0.894. The highest BCUT2D eigenvalue weighted by molar-refractivity contribution is 5.91. The number of amides is 2. The van der Waals surface area contributed by atoms with Gasteiger partial charge in [-0.1, -0.05) is 12.1 Å². The zero-order chi connectivity index (χ0) is 18.2. The molecule has 25 heavy (non-hydrogen) atoms. The van der Waals surface area contributed by atoms with E-state index in [4.69, 9.17) is 9.47 Å². The summed E-state index contributed by atoms with van der Waals surface area (Å²) in [5.74, 6) is 1.32. The van der Waals surface area contributed by atoms with Crippen molar-refractivity contribution in [3.63, 3.8) is 0 Å². The lowest BCUT2D eigenvalue weighted by atomic mass is 10.0. The topological polar surface area (TPSA) is 77.4 Å². The third-order valence-electron chi connectivity index (χ3n) is 4.31. The van der Waals surface area contributed by atoms with Gasteiger partial charge in [0.15, 0.2) is 0 Å². The molecule has 3 rings (SSSR count). The molecular formula is C18H24N4O3. The summed E-state index contributed by atoms with van der Waals surface area (Å²) in [6.45, 7) is 6.44. The Kier molecular flexibility index (Phi) is 4.32. The number of aromatic nitrogens is 2. The number of fused-ring (bicyclic) bond motifs is 1. The van der Waals surface area contributed by atoms with Crippen LogP contribution in [0.2, 0.25) is 0 Å². The molecule has 0 bridgehead atoms. The molecule has 0 aliphatic carbocycles. The summed E-state index contributed by atoms with van der Waals surface area (Å²) in [7, 11) is 3.33. The van der Waals surface area contributed by atoms with Crippen LogP contribution in [0.1, 0.15) is 30.7 Å². The van der Waals surface area contributed by atoms with Gasteiger partial charge in [-0.2, -0.15) is 0 Å². The number of carbonyl (C=O) groups excluding carboxylic acids is 1. The first-order chi connectivity index (χ1) is 11.8. The first-order valence-electron chi connectivity index (χ1n) is 8.22. The smallest absolute Gasteiger partial charge is 0.319 e. The predicted molar refractivity (Wildman–Crippen MR) is 95.2 cm³/mol. The van der Waals surface area contributed by atoms with Gasteiger partial charge in [-0.3, -0.25) is 4.68 Å². The molecule has 2 N–H and O–H groups in total. The van der Waals surface area contributed by atoms with Gasteiger partial charge in [0.2, 0.25) is 0 Å². The van der Waals surface area contributed by atoms with E-state index in [0.717, 1.165) is 23.4 Å². The Labute approximate surface area is 147 Å². The number of benzene rings is 1. The van der Waals surface area contributed by atoms with E-state index in [0.29, 0.717) is 18.1 Å². The molecule has 0 atom stereocenters. The molecule has 0 spiro atoms. The Bertz CT molecular complexity index is 811. The highest BCUT2D eigenvalue weighted by Gasteiger charge is 2.29. The van der Waals surface area contributed by atoms with E-state index in [9.17, 15) is 4.79 Å². The van der Waals surface area contributed by atoms with Crippen molar-refractivity contribution < 1.29 is 14.3 Å². The predicted octanol–water partition coefficient (Wildman–Crippen LogP) is 2.77. The summed E-state index contributed by atoms with van der Waals surface area (Å²) in [5, 5.41) is 9.86. The number of anilines is 1. The van der Waals surface area contributed by atoms with Crippen LogP contribution in [0.3, 0.4) is 0 Å². The van der Waals surface area contributed by atoms with Crippen LogP contribution in [0.5, 0.6) is 11.6 Å². The Hall–Kier alpha value is -2.70. The van der Waals surface area contributed by atoms with Crippen molar-refractivity contribution in [1.29, 1.82) is 0 Å². The molecular weight excluding hydrogens is 320 g/mol. The third kappa shape index (κ3) is 3.55. The number of ether oxygens (including phenoxy) is 2. The molecule has 0 fully saturated rings. The molecule has 7 nitrogen and oxygen atoms in total. The van der Waals surface area contributed by atoms with Crippen molar-refractivity contribution in [1.82, 2.24) is 15.1 Å². The van der Waals surface area contributed by atoms with Gasteiger partial charge in [-0.15, -0.1) is 5.10 Å². The van der Waals surface area contributed by atoms with Crippen molar-refractivity contribution in [3.05, 3.63) is 35.0 Å². The molecule has 0 radical (unpaired) electrons. The van der Waals surface area contributed by atoms with Crippen LogP contribution in [0.15, 0.2) is 18.2 Å². The van der Waals surface area contributed by atoms with Crippen LogP contribution in [0, 0.1) is 6.92 Å². The number of aryl methyl sites for hydroxylation is 1. The van der Waals surface area contributed by atoms with E-state index in [1.807, 2.05) is 19.1 Å². The van der Waals surface area contributed by atoms with Crippen molar-refractivity contribution in [3.8, 4) is 11.6 Å². The Morgan fingerprint density at radius 2 is 2.20 bits per heavy atom. The summed E-state index contributed by atoms with van der Waals surface area (Å²) in [5.41, 5.74) is 3.44. The second-order valence-corrected chi connectivity index (χ2v) is 6.88. The van der Waals surface area contributed by atoms with Crippen molar-refractivity contribution in [2.45, 2.75) is 39.3 Å². The minimum absolute atomic E-state index is 0.167. The zero-order valence-corrected chi connectivity index (χ0v) is 15.3. The maximum atomic E-state index is 12.2. The number of carbonyl (C=O) groups is 1. The second-order valence-electron chi connectivity index (χ2n) is 6.88. The maximum absolute atomic E-state index is 12.2. The van der Waals surface area contributed by atoms with E-state index in [1.54, 1.807) is 11.7 Å². The Morgan fingerprint density at radius 1 is 1.44 bits per heavy atom. The van der Waals surface area contributed by atoms with Gasteiger partial charge in [-0.25, -0.2) is 4.79 Å². The van der Waals surface area contributed by atoms with Crippen LogP contribution in [0.4, 0.5) is 10.5 Å². The summed E-state index contributed by atoms with van der Waals surface area (Å²) in [4.78, 5) is 12.2. The number of nitrogens with one attached hydrogen (secondary N) is 2. The lowest BCUT2D eigenvalue weighted by Crippen LogP contribution is -2.28. The van der Waals surface area contributed by atoms with E-state index in [-0.39, 0.29) is 11.6 Å². The van der Waals surface area contributed by atoms with Crippen LogP contribution >= 0.6 is 0 Å². The minimum Gasteiger partial charge on any atom is -0.487 e. The van der Waals surface area contributed by atoms with Gasteiger partial charge in [0.1, 0.15) is 17.0 Å². The van der Waals surface area contributed by atoms with Gasteiger partial charge in [-0.05, 0) is 38.0 Å². The number of urea groups is 1. The normalized spacial score (nSPS) is 14.6. The molecule has 134 valence electrons. The largest absolute Gasteiger partial charge is 0.487 e. The highest BCUT2D eigenvalue weighted by atomic mass is 16.5. The monoisotopic (exact) mass is 344 g/mol. The van der Waals surface area contributed by atoms with Crippen molar-refractivity contribution in [2.24, 2.45) is 7.05 Å². The molecule has 1 aliphatic heterocycles. The minimum atomic E-state index is -0.300. The number of nitrogens with zero attached hydrogens (tertiary/aromatic N) is 2. The van der Waals surface area contributed by atoms with Crippen LogP contribution < -0.4 is 20.1 Å². The molecule has 1 aromatic heterocycles. The lowest BCUT2D eigenvalue weighted by Gasteiger charge is -2.16. The van der Waals surface area contributed by atoms with Crippen LogP contribution in [0.25, 0.3) is 0 Å².